The van der Waals surface area contributed by atoms with Crippen LogP contribution in [-0.4, -0.2) is 25.1 Å². The van der Waals surface area contributed by atoms with Crippen molar-refractivity contribution in [2.75, 3.05) is 11.0 Å². The number of carbonyl (C=O) groups excluding carboxylic acids is 1. The summed E-state index contributed by atoms with van der Waals surface area (Å²) in [6.45, 7) is 0.177. The highest BCUT2D eigenvalue weighted by atomic mass is 32.2. The lowest BCUT2D eigenvalue weighted by Gasteiger charge is -2.16. The molecule has 31 heavy (non-hydrogen) atoms. The lowest BCUT2D eigenvalue weighted by molar-refractivity contribution is -0.121. The van der Waals surface area contributed by atoms with Gasteiger partial charge in [0.15, 0.2) is 5.43 Å². The lowest BCUT2D eigenvalue weighted by atomic mass is 10.1. The fourth-order valence-electron chi connectivity index (χ4n) is 3.61. The van der Waals surface area contributed by atoms with E-state index in [0.29, 0.717) is 33.1 Å². The summed E-state index contributed by atoms with van der Waals surface area (Å²) >= 11 is 0. The number of anilines is 1. The summed E-state index contributed by atoms with van der Waals surface area (Å²) in [7, 11) is -3.44. The monoisotopic (exact) mass is 435 g/mol. The van der Waals surface area contributed by atoms with Gasteiger partial charge in [0.05, 0.1) is 23.0 Å². The number of hydrogen-bond acceptors (Lipinski definition) is 4. The van der Waals surface area contributed by atoms with Gasteiger partial charge in [0, 0.05) is 17.3 Å². The normalized spacial score (nSPS) is 11.5. The zero-order chi connectivity index (χ0) is 22.0. The molecule has 0 saturated heterocycles. The van der Waals surface area contributed by atoms with Crippen LogP contribution in [0.2, 0.25) is 0 Å². The Morgan fingerprint density at radius 3 is 2.03 bits per heavy atom. The second-order valence-corrected chi connectivity index (χ2v) is 9.01. The van der Waals surface area contributed by atoms with Gasteiger partial charge in [0.1, 0.15) is 6.54 Å². The lowest BCUT2D eigenvalue weighted by Crippen LogP contribution is -2.28. The molecule has 0 radical (unpaired) electrons. The van der Waals surface area contributed by atoms with Gasteiger partial charge in [-0.15, -0.1) is 0 Å². The van der Waals surface area contributed by atoms with Crippen molar-refractivity contribution in [1.82, 2.24) is 9.88 Å². The minimum Gasteiger partial charge on any atom is -0.350 e. The molecule has 0 spiro atoms. The van der Waals surface area contributed by atoms with Gasteiger partial charge >= 0.3 is 0 Å². The molecule has 2 N–H and O–H groups in total. The van der Waals surface area contributed by atoms with Crippen molar-refractivity contribution in [3.05, 3.63) is 88.6 Å². The van der Waals surface area contributed by atoms with E-state index < -0.39 is 10.0 Å². The van der Waals surface area contributed by atoms with Gasteiger partial charge in [-0.3, -0.25) is 14.3 Å². The number of aromatic nitrogens is 1. The molecule has 158 valence electrons. The first-order valence-electron chi connectivity index (χ1n) is 9.66. The van der Waals surface area contributed by atoms with Crippen molar-refractivity contribution in [2.45, 2.75) is 13.1 Å². The molecule has 0 aliphatic heterocycles. The van der Waals surface area contributed by atoms with Crippen LogP contribution in [0.1, 0.15) is 5.56 Å². The molecule has 8 heteroatoms. The maximum atomic E-state index is 12.8. The molecule has 0 unspecified atom stereocenters. The third-order valence-electron chi connectivity index (χ3n) is 4.97. The van der Waals surface area contributed by atoms with Gasteiger partial charge in [-0.1, -0.05) is 42.5 Å². The Kier molecular flexibility index (Phi) is 5.48. The van der Waals surface area contributed by atoms with E-state index in [9.17, 15) is 18.0 Å². The predicted octanol–water partition coefficient (Wildman–Crippen LogP) is 2.84. The number of benzene rings is 3. The molecule has 0 atom stereocenters. The Labute approximate surface area is 179 Å². The van der Waals surface area contributed by atoms with Crippen molar-refractivity contribution in [1.29, 1.82) is 0 Å². The third-order valence-corrected chi connectivity index (χ3v) is 5.56. The van der Waals surface area contributed by atoms with E-state index >= 15 is 0 Å². The number of fused-ring (bicyclic) bond motifs is 2. The minimum atomic E-state index is -3.44. The first-order valence-corrected chi connectivity index (χ1v) is 11.6. The molecular weight excluding hydrogens is 414 g/mol. The van der Waals surface area contributed by atoms with E-state index in [0.717, 1.165) is 6.26 Å². The molecule has 7 nitrogen and oxygen atoms in total. The van der Waals surface area contributed by atoms with Crippen molar-refractivity contribution >= 4 is 43.4 Å². The van der Waals surface area contributed by atoms with E-state index in [1.165, 1.54) is 0 Å². The van der Waals surface area contributed by atoms with Crippen molar-refractivity contribution < 1.29 is 13.2 Å². The number of hydrogen-bond donors (Lipinski definition) is 2. The van der Waals surface area contributed by atoms with E-state index in [2.05, 4.69) is 10.0 Å². The summed E-state index contributed by atoms with van der Waals surface area (Å²) in [5, 5.41) is 3.95. The second-order valence-electron chi connectivity index (χ2n) is 7.26. The Balaban J connectivity index is 1.63. The van der Waals surface area contributed by atoms with E-state index in [4.69, 9.17) is 0 Å². The molecule has 0 saturated carbocycles. The summed E-state index contributed by atoms with van der Waals surface area (Å²) in [6.07, 6.45) is 1.08. The molecule has 4 rings (SSSR count). The van der Waals surface area contributed by atoms with Gasteiger partial charge in [-0.2, -0.15) is 0 Å². The maximum absolute atomic E-state index is 12.8. The van der Waals surface area contributed by atoms with Gasteiger partial charge < -0.3 is 9.88 Å². The number of carbonyl (C=O) groups is 1. The van der Waals surface area contributed by atoms with Crippen LogP contribution in [0.4, 0.5) is 5.69 Å². The van der Waals surface area contributed by atoms with Crippen LogP contribution < -0.4 is 15.5 Å². The zero-order valence-electron chi connectivity index (χ0n) is 16.8. The first-order chi connectivity index (χ1) is 14.8. The SMILES string of the molecule is CS(=O)(=O)Nc1ccccc1CNC(=O)Cn1c2ccccc2c(=O)c2ccccc21. The average Bonchev–Trinajstić information content (AvgIpc) is 2.75. The molecule has 1 heterocycles. The Bertz CT molecular complexity index is 1400. The number of sulfonamides is 1. The molecule has 0 aliphatic carbocycles. The van der Waals surface area contributed by atoms with Gasteiger partial charge in [-0.05, 0) is 35.9 Å². The van der Waals surface area contributed by atoms with E-state index in [1.807, 2.05) is 28.8 Å². The van der Waals surface area contributed by atoms with Crippen LogP contribution in [0, 0.1) is 0 Å². The molecular formula is C23H21N3O4S. The highest BCUT2D eigenvalue weighted by molar-refractivity contribution is 7.92. The van der Waals surface area contributed by atoms with Gasteiger partial charge in [0.2, 0.25) is 15.9 Å². The van der Waals surface area contributed by atoms with Gasteiger partial charge in [-0.25, -0.2) is 8.42 Å². The fraction of sp³-hybridized carbons (Fsp3) is 0.130. The maximum Gasteiger partial charge on any atom is 0.240 e. The van der Waals surface area contributed by atoms with E-state index in [-0.39, 0.29) is 24.4 Å². The van der Waals surface area contributed by atoms with E-state index in [1.54, 1.807) is 48.5 Å². The third kappa shape index (κ3) is 4.44. The number of nitrogens with one attached hydrogen (secondary N) is 2. The standard InChI is InChI=1S/C23H21N3O4S/c1-31(29,30)25-19-11-5-2-8-16(19)14-24-22(27)15-26-20-12-6-3-9-17(20)23(28)18-10-4-7-13-21(18)26/h2-13,25H,14-15H2,1H3,(H,24,27). The number of para-hydroxylation sites is 3. The highest BCUT2D eigenvalue weighted by Crippen LogP contribution is 2.19. The quantitative estimate of drug-likeness (QED) is 0.455. The number of nitrogens with zero attached hydrogens (tertiary/aromatic N) is 1. The molecule has 1 aromatic heterocycles. The van der Waals surface area contributed by atoms with Crippen LogP contribution in [0.25, 0.3) is 21.8 Å². The van der Waals surface area contributed by atoms with Gasteiger partial charge in [0.25, 0.3) is 0 Å². The minimum absolute atomic E-state index is 0.0168. The fourth-order valence-corrected chi connectivity index (χ4v) is 4.21. The highest BCUT2D eigenvalue weighted by Gasteiger charge is 2.13. The summed E-state index contributed by atoms with van der Waals surface area (Å²) in [5.41, 5.74) is 2.37. The van der Waals surface area contributed by atoms with Crippen molar-refractivity contribution in [3.63, 3.8) is 0 Å². The topological polar surface area (TPSA) is 97.3 Å². The van der Waals surface area contributed by atoms with Crippen LogP contribution in [0.15, 0.2) is 77.6 Å². The van der Waals surface area contributed by atoms with Crippen LogP contribution in [-0.2, 0) is 27.9 Å². The molecule has 0 fully saturated rings. The smallest absolute Gasteiger partial charge is 0.240 e. The summed E-state index contributed by atoms with van der Waals surface area (Å²) in [6, 6.07) is 21.3. The summed E-state index contributed by atoms with van der Waals surface area (Å²) in [5.74, 6) is -0.256. The number of pyridine rings is 1. The second kappa shape index (κ2) is 8.23. The molecule has 4 aromatic rings. The largest absolute Gasteiger partial charge is 0.350 e. The molecule has 1 amide bonds. The van der Waals surface area contributed by atoms with Crippen LogP contribution in [0.5, 0.6) is 0 Å². The Morgan fingerprint density at radius 1 is 0.871 bits per heavy atom. The summed E-state index contributed by atoms with van der Waals surface area (Å²) in [4.78, 5) is 25.6. The predicted molar refractivity (Wildman–Crippen MR) is 122 cm³/mol. The molecule has 3 aromatic carbocycles. The zero-order valence-corrected chi connectivity index (χ0v) is 17.6. The van der Waals surface area contributed by atoms with Crippen molar-refractivity contribution in [3.8, 4) is 0 Å². The average molecular weight is 436 g/mol. The Hall–Kier alpha value is -3.65. The Morgan fingerprint density at radius 2 is 1.42 bits per heavy atom. The molecule has 0 aliphatic rings. The molecule has 0 bridgehead atoms. The van der Waals surface area contributed by atoms with Crippen LogP contribution >= 0.6 is 0 Å². The number of rotatable bonds is 6. The summed E-state index contributed by atoms with van der Waals surface area (Å²) < 4.78 is 27.4. The van der Waals surface area contributed by atoms with Crippen molar-refractivity contribution in [2.24, 2.45) is 0 Å². The first kappa shape index (κ1) is 20.6. The number of amides is 1. The van der Waals surface area contributed by atoms with Crippen LogP contribution in [0.3, 0.4) is 0 Å².